The first-order valence-corrected chi connectivity index (χ1v) is 3.32. The van der Waals surface area contributed by atoms with Crippen molar-refractivity contribution in [2.24, 2.45) is 0 Å². The van der Waals surface area contributed by atoms with Crippen LogP contribution in [0.5, 0.6) is 0 Å². The van der Waals surface area contributed by atoms with E-state index in [9.17, 15) is 35.5 Å². The fraction of sp³-hybridized carbons (Fsp3) is 0.833. The first kappa shape index (κ1) is 13.2. The maximum absolute atomic E-state index is 12.3. The molecule has 0 bridgehead atoms. The van der Waals surface area contributed by atoms with E-state index in [1.54, 1.807) is 0 Å². The minimum atomic E-state index is -6.32. The lowest BCUT2D eigenvalue weighted by atomic mass is 10.1. The van der Waals surface area contributed by atoms with Crippen LogP contribution >= 0.6 is 0 Å². The van der Waals surface area contributed by atoms with Crippen LogP contribution in [0.15, 0.2) is 0 Å². The molecule has 0 aromatic rings. The topological polar surface area (TPSA) is 17.1 Å². The number of hydrogen-bond donors (Lipinski definition) is 0. The number of carbonyl (C=O) groups excluding carboxylic acids is 1. The molecule has 0 fully saturated rings. The molecule has 0 aromatic carbocycles. The van der Waals surface area contributed by atoms with Crippen molar-refractivity contribution in [3.05, 3.63) is 0 Å². The Morgan fingerprint density at radius 3 is 1.64 bits per heavy atom. The van der Waals surface area contributed by atoms with Crippen molar-refractivity contribution in [3.8, 4) is 0 Å². The molecule has 0 atom stereocenters. The quantitative estimate of drug-likeness (QED) is 0.532. The summed E-state index contributed by atoms with van der Waals surface area (Å²) in [6.45, 7) is 0. The molecule has 0 aromatic heterocycles. The van der Waals surface area contributed by atoms with Crippen LogP contribution in [-0.4, -0.2) is 24.3 Å². The van der Waals surface area contributed by atoms with Crippen molar-refractivity contribution in [3.63, 3.8) is 0 Å². The van der Waals surface area contributed by atoms with Gasteiger partial charge in [-0.3, -0.25) is 0 Å². The van der Waals surface area contributed by atoms with Gasteiger partial charge in [0, 0.05) is 12.8 Å². The zero-order valence-electron chi connectivity index (χ0n) is 6.55. The van der Waals surface area contributed by atoms with Gasteiger partial charge < -0.3 is 4.79 Å². The van der Waals surface area contributed by atoms with Gasteiger partial charge >= 0.3 is 18.0 Å². The molecule has 0 aliphatic rings. The molecule has 0 spiro atoms. The van der Waals surface area contributed by atoms with Gasteiger partial charge in [0.25, 0.3) is 0 Å². The number of aldehydes is 1. The van der Waals surface area contributed by atoms with Gasteiger partial charge in [-0.15, -0.1) is 0 Å². The summed E-state index contributed by atoms with van der Waals surface area (Å²) in [5.41, 5.74) is 0. The summed E-state index contributed by atoms with van der Waals surface area (Å²) >= 11 is 0. The van der Waals surface area contributed by atoms with E-state index in [0.717, 1.165) is 0 Å². The second kappa shape index (κ2) is 3.74. The number of rotatable bonds is 4. The highest BCUT2D eigenvalue weighted by Gasteiger charge is 2.72. The summed E-state index contributed by atoms with van der Waals surface area (Å²) in [7, 11) is 0. The second-order valence-corrected chi connectivity index (χ2v) is 2.48. The zero-order chi connectivity index (χ0) is 11.6. The third kappa shape index (κ3) is 2.36. The fourth-order valence-corrected chi connectivity index (χ4v) is 0.605. The molecule has 0 amide bonds. The van der Waals surface area contributed by atoms with Gasteiger partial charge in [-0.2, -0.15) is 30.7 Å². The van der Waals surface area contributed by atoms with E-state index < -0.39 is 30.9 Å². The maximum Gasteiger partial charge on any atom is 0.459 e. The van der Waals surface area contributed by atoms with Crippen LogP contribution in [0.1, 0.15) is 12.8 Å². The SMILES string of the molecule is O=CCCC(F)(F)C(F)(F)C(F)(F)F. The van der Waals surface area contributed by atoms with Crippen LogP contribution in [0, 0.1) is 0 Å². The Bertz CT molecular complexity index is 207. The normalized spacial score (nSPS) is 14.2. The van der Waals surface area contributed by atoms with Crippen molar-refractivity contribution in [1.82, 2.24) is 0 Å². The molecule has 0 heterocycles. The molecule has 0 saturated heterocycles. The number of hydrogen-bond acceptors (Lipinski definition) is 1. The van der Waals surface area contributed by atoms with Crippen LogP contribution in [0.2, 0.25) is 0 Å². The number of alkyl halides is 7. The molecule has 0 saturated carbocycles. The molecule has 0 aliphatic heterocycles. The average molecular weight is 226 g/mol. The lowest BCUT2D eigenvalue weighted by molar-refractivity contribution is -0.355. The predicted octanol–water partition coefficient (Wildman–Crippen LogP) is 2.80. The third-order valence-corrected chi connectivity index (χ3v) is 1.39. The molecular formula is C6H5F7O. The largest absolute Gasteiger partial charge is 0.459 e. The molecular weight excluding hydrogens is 221 g/mol. The van der Waals surface area contributed by atoms with E-state index in [1.807, 2.05) is 0 Å². The standard InChI is InChI=1S/C6H5F7O/c7-4(8,2-1-3-14)5(9,10)6(11,12)13/h3H,1-2H2. The van der Waals surface area contributed by atoms with E-state index >= 15 is 0 Å². The van der Waals surface area contributed by atoms with Gasteiger partial charge in [0.2, 0.25) is 0 Å². The van der Waals surface area contributed by atoms with Crippen molar-refractivity contribution in [2.75, 3.05) is 0 Å². The summed E-state index contributed by atoms with van der Waals surface area (Å²) in [5.74, 6) is -11.4. The van der Waals surface area contributed by atoms with Gasteiger partial charge in [0.05, 0.1) is 0 Å². The highest BCUT2D eigenvalue weighted by molar-refractivity contribution is 5.49. The third-order valence-electron chi connectivity index (χ3n) is 1.39. The van der Waals surface area contributed by atoms with Crippen molar-refractivity contribution in [2.45, 2.75) is 30.9 Å². The molecule has 0 radical (unpaired) electrons. The van der Waals surface area contributed by atoms with E-state index in [1.165, 1.54) is 0 Å². The van der Waals surface area contributed by atoms with Crippen LogP contribution in [-0.2, 0) is 4.79 Å². The van der Waals surface area contributed by atoms with Gasteiger partial charge in [-0.1, -0.05) is 0 Å². The molecule has 14 heavy (non-hydrogen) atoms. The zero-order valence-corrected chi connectivity index (χ0v) is 6.55. The molecule has 0 aliphatic carbocycles. The lowest BCUT2D eigenvalue weighted by Gasteiger charge is -2.27. The Morgan fingerprint density at radius 1 is 0.929 bits per heavy atom. The van der Waals surface area contributed by atoms with Gasteiger partial charge in [0.15, 0.2) is 0 Å². The van der Waals surface area contributed by atoms with E-state index in [0.29, 0.717) is 0 Å². The van der Waals surface area contributed by atoms with Crippen molar-refractivity contribution in [1.29, 1.82) is 0 Å². The minimum Gasteiger partial charge on any atom is -0.303 e. The van der Waals surface area contributed by atoms with E-state index in [2.05, 4.69) is 0 Å². The molecule has 0 N–H and O–H groups in total. The van der Waals surface area contributed by atoms with Gasteiger partial charge in [0.1, 0.15) is 6.29 Å². The number of carbonyl (C=O) groups is 1. The van der Waals surface area contributed by atoms with E-state index in [-0.39, 0.29) is 6.29 Å². The molecule has 8 heteroatoms. The van der Waals surface area contributed by atoms with Crippen molar-refractivity contribution < 1.29 is 35.5 Å². The second-order valence-electron chi connectivity index (χ2n) is 2.48. The Hall–Kier alpha value is -0.820. The first-order chi connectivity index (χ1) is 6.06. The smallest absolute Gasteiger partial charge is 0.303 e. The highest BCUT2D eigenvalue weighted by atomic mass is 19.4. The average Bonchev–Trinajstić information content (AvgIpc) is 1.98. The lowest BCUT2D eigenvalue weighted by Crippen LogP contribution is -2.51. The number of halogens is 7. The Labute approximate surface area is 73.9 Å². The molecule has 0 unspecified atom stereocenters. The van der Waals surface area contributed by atoms with Gasteiger partial charge in [-0.05, 0) is 0 Å². The summed E-state index contributed by atoms with van der Waals surface area (Å²) in [5, 5.41) is 0. The van der Waals surface area contributed by atoms with E-state index in [4.69, 9.17) is 0 Å². The maximum atomic E-state index is 12.3. The summed E-state index contributed by atoms with van der Waals surface area (Å²) < 4.78 is 82.9. The molecule has 1 nitrogen and oxygen atoms in total. The van der Waals surface area contributed by atoms with Gasteiger partial charge in [-0.25, -0.2) is 0 Å². The monoisotopic (exact) mass is 226 g/mol. The van der Waals surface area contributed by atoms with Crippen LogP contribution in [0.4, 0.5) is 30.7 Å². The van der Waals surface area contributed by atoms with Crippen molar-refractivity contribution >= 4 is 6.29 Å². The highest BCUT2D eigenvalue weighted by Crippen LogP contribution is 2.48. The van der Waals surface area contributed by atoms with Crippen LogP contribution in [0.3, 0.4) is 0 Å². The Morgan fingerprint density at radius 2 is 1.36 bits per heavy atom. The molecule has 0 rings (SSSR count). The Kier molecular flexibility index (Phi) is 3.52. The fourth-order valence-electron chi connectivity index (χ4n) is 0.605. The Balaban J connectivity index is 4.77. The minimum absolute atomic E-state index is 0.152. The summed E-state index contributed by atoms with van der Waals surface area (Å²) in [6.07, 6.45) is -9.36. The summed E-state index contributed by atoms with van der Waals surface area (Å²) in [6, 6.07) is 0. The van der Waals surface area contributed by atoms with Crippen LogP contribution < -0.4 is 0 Å². The first-order valence-electron chi connectivity index (χ1n) is 3.32. The molecule has 84 valence electrons. The van der Waals surface area contributed by atoms with Crippen LogP contribution in [0.25, 0.3) is 0 Å². The predicted molar refractivity (Wildman–Crippen MR) is 31.2 cm³/mol. The summed E-state index contributed by atoms with van der Waals surface area (Å²) in [4.78, 5) is 9.57.